The third kappa shape index (κ3) is 3.70. The van der Waals surface area contributed by atoms with Crippen molar-refractivity contribution in [2.75, 3.05) is 17.7 Å². The van der Waals surface area contributed by atoms with Gasteiger partial charge >= 0.3 is 0 Å². The van der Waals surface area contributed by atoms with E-state index in [1.807, 2.05) is 6.92 Å². The number of nitrogens with one attached hydrogen (secondary N) is 1. The van der Waals surface area contributed by atoms with Gasteiger partial charge in [-0.1, -0.05) is 6.92 Å². The molecule has 0 aromatic carbocycles. The van der Waals surface area contributed by atoms with Gasteiger partial charge in [-0.3, -0.25) is 0 Å². The van der Waals surface area contributed by atoms with Crippen LogP contribution in [-0.4, -0.2) is 33.8 Å². The lowest BCUT2D eigenvalue weighted by Crippen LogP contribution is -2.29. The third-order valence-corrected chi connectivity index (χ3v) is 3.33. The topological polar surface area (TPSA) is 93.3 Å². The van der Waals surface area contributed by atoms with Crippen molar-refractivity contribution in [3.8, 4) is 5.88 Å². The van der Waals surface area contributed by atoms with Gasteiger partial charge in [-0.2, -0.15) is 4.98 Å². The predicted molar refractivity (Wildman–Crippen MR) is 74.1 cm³/mol. The zero-order chi connectivity index (χ0) is 13.7. The second-order valence-corrected chi connectivity index (χ2v) is 4.94. The predicted octanol–water partition coefficient (Wildman–Crippen LogP) is 1.56. The molecule has 0 saturated heterocycles. The fourth-order valence-corrected chi connectivity index (χ4v) is 2.22. The van der Waals surface area contributed by atoms with Crippen LogP contribution in [0, 0.1) is 0 Å². The standard InChI is InChI=1S/C13H22N4O2/c1-2-7-19-13-11(14)12(15-8-16-13)17-9-3-5-10(18)6-4-9/h8-10,18H,2-7,14H2,1H3,(H,15,16,17). The fourth-order valence-electron chi connectivity index (χ4n) is 2.22. The van der Waals surface area contributed by atoms with Gasteiger partial charge in [0.05, 0.1) is 12.7 Å². The highest BCUT2D eigenvalue weighted by Gasteiger charge is 2.20. The molecule has 0 atom stereocenters. The van der Waals surface area contributed by atoms with Gasteiger partial charge in [0.25, 0.3) is 0 Å². The van der Waals surface area contributed by atoms with Crippen LogP contribution in [0.2, 0.25) is 0 Å². The van der Waals surface area contributed by atoms with Gasteiger partial charge < -0.3 is 20.9 Å². The molecular weight excluding hydrogens is 244 g/mol. The molecule has 0 bridgehead atoms. The van der Waals surface area contributed by atoms with E-state index >= 15 is 0 Å². The van der Waals surface area contributed by atoms with E-state index in [0.717, 1.165) is 32.1 Å². The molecule has 0 amide bonds. The maximum atomic E-state index is 9.49. The maximum absolute atomic E-state index is 9.49. The van der Waals surface area contributed by atoms with Crippen molar-refractivity contribution in [2.24, 2.45) is 0 Å². The van der Waals surface area contributed by atoms with Crippen LogP contribution in [0.1, 0.15) is 39.0 Å². The van der Waals surface area contributed by atoms with Crippen molar-refractivity contribution in [1.82, 2.24) is 9.97 Å². The van der Waals surface area contributed by atoms with Crippen LogP contribution >= 0.6 is 0 Å². The number of aliphatic hydroxyl groups excluding tert-OH is 1. The van der Waals surface area contributed by atoms with Crippen LogP contribution < -0.4 is 15.8 Å². The Morgan fingerprint density at radius 1 is 1.37 bits per heavy atom. The van der Waals surface area contributed by atoms with E-state index in [0.29, 0.717) is 30.0 Å². The lowest BCUT2D eigenvalue weighted by atomic mass is 9.93. The van der Waals surface area contributed by atoms with Gasteiger partial charge in [-0.25, -0.2) is 4.98 Å². The number of hydrogen-bond acceptors (Lipinski definition) is 6. The van der Waals surface area contributed by atoms with E-state index in [4.69, 9.17) is 10.5 Å². The highest BCUT2D eigenvalue weighted by atomic mass is 16.5. The Hall–Kier alpha value is -1.56. The number of nitrogens with zero attached hydrogens (tertiary/aromatic N) is 2. The number of rotatable bonds is 5. The molecule has 0 radical (unpaired) electrons. The smallest absolute Gasteiger partial charge is 0.242 e. The largest absolute Gasteiger partial charge is 0.476 e. The third-order valence-electron chi connectivity index (χ3n) is 3.33. The van der Waals surface area contributed by atoms with E-state index in [2.05, 4.69) is 15.3 Å². The molecule has 4 N–H and O–H groups in total. The summed E-state index contributed by atoms with van der Waals surface area (Å²) in [4.78, 5) is 8.21. The maximum Gasteiger partial charge on any atom is 0.242 e. The van der Waals surface area contributed by atoms with Crippen LogP contribution in [0.15, 0.2) is 6.33 Å². The second-order valence-electron chi connectivity index (χ2n) is 4.94. The molecule has 6 heteroatoms. The molecule has 106 valence electrons. The molecule has 2 rings (SSSR count). The summed E-state index contributed by atoms with van der Waals surface area (Å²) in [6.07, 6.45) is 5.70. The first-order valence-corrected chi connectivity index (χ1v) is 6.88. The van der Waals surface area contributed by atoms with Crippen LogP contribution in [-0.2, 0) is 0 Å². The minimum atomic E-state index is -0.163. The average molecular weight is 266 g/mol. The van der Waals surface area contributed by atoms with E-state index in [9.17, 15) is 5.11 Å². The number of nitrogens with two attached hydrogens (primary N) is 1. The quantitative estimate of drug-likeness (QED) is 0.749. The molecule has 1 aromatic heterocycles. The van der Waals surface area contributed by atoms with Gasteiger partial charge in [0.15, 0.2) is 5.82 Å². The Labute approximate surface area is 113 Å². The Bertz CT molecular complexity index is 406. The minimum Gasteiger partial charge on any atom is -0.476 e. The molecule has 1 aliphatic rings. The SMILES string of the molecule is CCCOc1ncnc(NC2CCC(O)CC2)c1N. The van der Waals surface area contributed by atoms with E-state index < -0.39 is 0 Å². The van der Waals surface area contributed by atoms with E-state index in [-0.39, 0.29) is 6.10 Å². The highest BCUT2D eigenvalue weighted by molar-refractivity contribution is 5.66. The van der Waals surface area contributed by atoms with Crippen molar-refractivity contribution in [2.45, 2.75) is 51.2 Å². The zero-order valence-electron chi connectivity index (χ0n) is 11.3. The van der Waals surface area contributed by atoms with Crippen LogP contribution in [0.3, 0.4) is 0 Å². The summed E-state index contributed by atoms with van der Waals surface area (Å²) in [5.41, 5.74) is 6.47. The summed E-state index contributed by atoms with van der Waals surface area (Å²) in [7, 11) is 0. The number of hydrogen-bond donors (Lipinski definition) is 3. The van der Waals surface area contributed by atoms with E-state index in [1.54, 1.807) is 0 Å². The lowest BCUT2D eigenvalue weighted by molar-refractivity contribution is 0.126. The summed E-state index contributed by atoms with van der Waals surface area (Å²) in [5.74, 6) is 1.07. The van der Waals surface area contributed by atoms with Crippen molar-refractivity contribution in [1.29, 1.82) is 0 Å². The van der Waals surface area contributed by atoms with Crippen molar-refractivity contribution in [3.63, 3.8) is 0 Å². The molecule has 0 aliphatic heterocycles. The minimum absolute atomic E-state index is 0.163. The van der Waals surface area contributed by atoms with Gasteiger partial charge in [0.2, 0.25) is 5.88 Å². The average Bonchev–Trinajstić information content (AvgIpc) is 2.42. The first kappa shape index (κ1) is 13.9. The van der Waals surface area contributed by atoms with Gasteiger partial charge in [0, 0.05) is 6.04 Å². The number of aromatic nitrogens is 2. The number of ether oxygens (including phenoxy) is 1. The van der Waals surface area contributed by atoms with Gasteiger partial charge in [-0.05, 0) is 32.1 Å². The molecule has 19 heavy (non-hydrogen) atoms. The normalized spacial score (nSPS) is 23.1. The molecule has 1 saturated carbocycles. The zero-order valence-corrected chi connectivity index (χ0v) is 11.3. The van der Waals surface area contributed by atoms with Crippen LogP contribution in [0.4, 0.5) is 11.5 Å². The summed E-state index contributed by atoms with van der Waals surface area (Å²) in [6, 6.07) is 0.305. The number of nitrogen functional groups attached to an aromatic ring is 1. The Morgan fingerprint density at radius 3 is 2.79 bits per heavy atom. The molecule has 0 spiro atoms. The van der Waals surface area contributed by atoms with Crippen molar-refractivity contribution in [3.05, 3.63) is 6.33 Å². The molecule has 1 heterocycles. The summed E-state index contributed by atoms with van der Waals surface area (Å²) in [6.45, 7) is 2.63. The van der Waals surface area contributed by atoms with E-state index in [1.165, 1.54) is 6.33 Å². The molecule has 1 aliphatic carbocycles. The highest BCUT2D eigenvalue weighted by Crippen LogP contribution is 2.28. The van der Waals surface area contributed by atoms with Crippen molar-refractivity contribution >= 4 is 11.5 Å². The Kier molecular flexibility index (Phi) is 4.79. The Balaban J connectivity index is 1.99. The molecule has 1 fully saturated rings. The van der Waals surface area contributed by atoms with Crippen LogP contribution in [0.25, 0.3) is 0 Å². The van der Waals surface area contributed by atoms with Crippen LogP contribution in [0.5, 0.6) is 5.88 Å². The lowest BCUT2D eigenvalue weighted by Gasteiger charge is -2.27. The fraction of sp³-hybridized carbons (Fsp3) is 0.692. The van der Waals surface area contributed by atoms with Crippen molar-refractivity contribution < 1.29 is 9.84 Å². The summed E-state index contributed by atoms with van der Waals surface area (Å²) >= 11 is 0. The molecule has 6 nitrogen and oxygen atoms in total. The molecule has 1 aromatic rings. The molecule has 0 unspecified atom stereocenters. The summed E-state index contributed by atoms with van der Waals surface area (Å²) < 4.78 is 5.48. The number of anilines is 2. The first-order chi connectivity index (χ1) is 9.20. The second kappa shape index (κ2) is 6.56. The Morgan fingerprint density at radius 2 is 2.11 bits per heavy atom. The van der Waals surface area contributed by atoms with Gasteiger partial charge in [0.1, 0.15) is 12.0 Å². The van der Waals surface area contributed by atoms with Gasteiger partial charge in [-0.15, -0.1) is 0 Å². The monoisotopic (exact) mass is 266 g/mol. The first-order valence-electron chi connectivity index (χ1n) is 6.88. The molecular formula is C13H22N4O2. The summed E-state index contributed by atoms with van der Waals surface area (Å²) in [5, 5.41) is 12.8. The number of aliphatic hydroxyl groups is 1.